The van der Waals surface area contributed by atoms with Gasteiger partial charge in [-0.05, 0) is 56.6 Å². The quantitative estimate of drug-likeness (QED) is 0.615. The standard InChI is InChI=1S/C22H29FO4S/c1-12-8-16-15-5-4-13-9-14(24)6-7-19(13,2)21(15,23)17(25)10-20(16,3)22(12,27)18(26)11-28/h6-7,9,12,15-17,25,27-28H,4-5,8,10-11H2,1-3H3/t12-,15-,16-,17-,19-,20-,21?,22-/m0/s1. The van der Waals surface area contributed by atoms with E-state index in [1.807, 2.05) is 13.8 Å². The number of fused-ring (bicyclic) bond motifs is 5. The van der Waals surface area contributed by atoms with Gasteiger partial charge in [-0.3, -0.25) is 9.59 Å². The summed E-state index contributed by atoms with van der Waals surface area (Å²) in [6, 6.07) is 0. The van der Waals surface area contributed by atoms with E-state index in [0.29, 0.717) is 19.3 Å². The second-order valence-electron chi connectivity index (χ2n) is 9.75. The van der Waals surface area contributed by atoms with Crippen molar-refractivity contribution in [2.75, 3.05) is 5.75 Å². The Morgan fingerprint density at radius 3 is 2.68 bits per heavy atom. The molecule has 2 N–H and O–H groups in total. The minimum atomic E-state index is -1.94. The van der Waals surface area contributed by atoms with Crippen LogP contribution in [0.3, 0.4) is 0 Å². The summed E-state index contributed by atoms with van der Waals surface area (Å²) in [5.41, 5.74) is -4.78. The first kappa shape index (κ1) is 20.3. The molecule has 8 atom stereocenters. The van der Waals surface area contributed by atoms with E-state index in [0.717, 1.165) is 5.57 Å². The zero-order valence-corrected chi connectivity index (χ0v) is 17.5. The number of rotatable bonds is 2. The van der Waals surface area contributed by atoms with Crippen LogP contribution in [0.1, 0.15) is 46.5 Å². The maximum absolute atomic E-state index is 16.9. The predicted octanol–water partition coefficient (Wildman–Crippen LogP) is 2.83. The van der Waals surface area contributed by atoms with E-state index < -0.39 is 34.1 Å². The fourth-order valence-electron chi connectivity index (χ4n) is 7.26. The number of ketones is 2. The molecular formula is C22H29FO4S. The van der Waals surface area contributed by atoms with Gasteiger partial charge in [-0.25, -0.2) is 4.39 Å². The van der Waals surface area contributed by atoms with Crippen LogP contribution in [0.2, 0.25) is 0 Å². The molecule has 0 bridgehead atoms. The topological polar surface area (TPSA) is 74.6 Å². The summed E-state index contributed by atoms with van der Waals surface area (Å²) in [4.78, 5) is 24.6. The van der Waals surface area contributed by atoms with Gasteiger partial charge < -0.3 is 10.2 Å². The third-order valence-corrected chi connectivity index (χ3v) is 9.08. The fourth-order valence-corrected chi connectivity index (χ4v) is 7.50. The molecule has 4 aliphatic rings. The monoisotopic (exact) mass is 408 g/mol. The molecule has 154 valence electrons. The van der Waals surface area contributed by atoms with Gasteiger partial charge in [0, 0.05) is 16.7 Å². The highest BCUT2D eigenvalue weighted by Crippen LogP contribution is 2.70. The molecule has 0 aromatic heterocycles. The maximum atomic E-state index is 16.9. The normalized spacial score (nSPS) is 52.5. The lowest BCUT2D eigenvalue weighted by molar-refractivity contribution is -0.218. The number of hydrogen-bond donors (Lipinski definition) is 3. The van der Waals surface area contributed by atoms with Crippen LogP contribution in [0, 0.1) is 28.6 Å². The van der Waals surface area contributed by atoms with Gasteiger partial charge in [0.2, 0.25) is 0 Å². The highest BCUT2D eigenvalue weighted by atomic mass is 32.1. The molecule has 0 aromatic rings. The second kappa shape index (κ2) is 6.02. The van der Waals surface area contributed by atoms with Crippen LogP contribution in [-0.4, -0.2) is 44.9 Å². The zero-order valence-electron chi connectivity index (χ0n) is 16.6. The third kappa shape index (κ3) is 2.09. The SMILES string of the molecule is C[C@H]1C[C@H]2[C@@H]3CCC4=CC(=O)C=C[C@]4(C)C3(F)[C@@H](O)C[C@]2(C)[C@@]1(O)C(=O)CS. The molecule has 0 amide bonds. The molecule has 4 nitrogen and oxygen atoms in total. The van der Waals surface area contributed by atoms with Crippen LogP contribution in [0.5, 0.6) is 0 Å². The van der Waals surface area contributed by atoms with Crippen LogP contribution in [-0.2, 0) is 9.59 Å². The van der Waals surface area contributed by atoms with Gasteiger partial charge in [-0.15, -0.1) is 0 Å². The summed E-state index contributed by atoms with van der Waals surface area (Å²) < 4.78 is 16.9. The van der Waals surface area contributed by atoms with Crippen LogP contribution < -0.4 is 0 Å². The number of aliphatic hydroxyl groups excluding tert-OH is 1. The molecule has 28 heavy (non-hydrogen) atoms. The van der Waals surface area contributed by atoms with Crippen LogP contribution in [0.25, 0.3) is 0 Å². The number of thiol groups is 1. The van der Waals surface area contributed by atoms with Gasteiger partial charge in [0.1, 0.15) is 5.60 Å². The first-order chi connectivity index (χ1) is 13.0. The van der Waals surface area contributed by atoms with Crippen LogP contribution in [0.15, 0.2) is 23.8 Å². The summed E-state index contributed by atoms with van der Waals surface area (Å²) in [6.45, 7) is 5.44. The van der Waals surface area contributed by atoms with Gasteiger partial charge in [0.25, 0.3) is 0 Å². The smallest absolute Gasteiger partial charge is 0.178 e. The van der Waals surface area contributed by atoms with Gasteiger partial charge in [0.05, 0.1) is 11.9 Å². The molecule has 6 heteroatoms. The van der Waals surface area contributed by atoms with E-state index in [4.69, 9.17) is 0 Å². The van der Waals surface area contributed by atoms with Crippen LogP contribution in [0.4, 0.5) is 4.39 Å². The molecule has 0 aromatic carbocycles. The van der Waals surface area contributed by atoms with E-state index in [2.05, 4.69) is 12.6 Å². The maximum Gasteiger partial charge on any atom is 0.178 e. The molecule has 0 saturated heterocycles. The van der Waals surface area contributed by atoms with Crippen molar-refractivity contribution in [1.29, 1.82) is 0 Å². The molecule has 1 unspecified atom stereocenters. The molecule has 0 aliphatic heterocycles. The molecule has 0 spiro atoms. The summed E-state index contributed by atoms with van der Waals surface area (Å²) in [6.07, 6.45) is 4.80. The summed E-state index contributed by atoms with van der Waals surface area (Å²) in [7, 11) is 0. The number of carbonyl (C=O) groups is 2. The molecular weight excluding hydrogens is 379 g/mol. The van der Waals surface area contributed by atoms with Crippen molar-refractivity contribution in [3.8, 4) is 0 Å². The second-order valence-corrected chi connectivity index (χ2v) is 10.1. The highest BCUT2D eigenvalue weighted by molar-refractivity contribution is 7.81. The number of hydrogen-bond acceptors (Lipinski definition) is 5. The number of allylic oxidation sites excluding steroid dienone is 4. The molecule has 4 rings (SSSR count). The van der Waals surface area contributed by atoms with Crippen molar-refractivity contribution in [1.82, 2.24) is 0 Å². The molecule has 4 aliphatic carbocycles. The Balaban J connectivity index is 1.84. The zero-order chi connectivity index (χ0) is 20.7. The van der Waals surface area contributed by atoms with Crippen molar-refractivity contribution < 1.29 is 24.2 Å². The average Bonchev–Trinajstić information content (AvgIpc) is 2.84. The lowest BCUT2D eigenvalue weighted by Crippen LogP contribution is -2.69. The fraction of sp³-hybridized carbons (Fsp3) is 0.727. The highest BCUT2D eigenvalue weighted by Gasteiger charge is 2.75. The Morgan fingerprint density at radius 1 is 1.36 bits per heavy atom. The van der Waals surface area contributed by atoms with Crippen molar-refractivity contribution in [2.45, 2.75) is 63.8 Å². The van der Waals surface area contributed by atoms with Gasteiger partial charge >= 0.3 is 0 Å². The number of halogens is 1. The van der Waals surface area contributed by atoms with Gasteiger partial charge in [-0.2, -0.15) is 12.6 Å². The molecule has 0 radical (unpaired) electrons. The van der Waals surface area contributed by atoms with Crippen LogP contribution >= 0.6 is 12.6 Å². The molecule has 3 saturated carbocycles. The van der Waals surface area contributed by atoms with Crippen molar-refractivity contribution in [3.63, 3.8) is 0 Å². The van der Waals surface area contributed by atoms with Crippen molar-refractivity contribution in [2.24, 2.45) is 28.6 Å². The Bertz CT molecular complexity index is 808. The number of alkyl halides is 1. The Morgan fingerprint density at radius 2 is 2.04 bits per heavy atom. The van der Waals surface area contributed by atoms with Crippen molar-refractivity contribution in [3.05, 3.63) is 23.8 Å². The average molecular weight is 409 g/mol. The lowest BCUT2D eigenvalue weighted by atomic mass is 9.44. The predicted molar refractivity (Wildman–Crippen MR) is 107 cm³/mol. The minimum absolute atomic E-state index is 0.00960. The van der Waals surface area contributed by atoms with Gasteiger partial charge in [0.15, 0.2) is 17.2 Å². The van der Waals surface area contributed by atoms with Crippen molar-refractivity contribution >= 4 is 24.2 Å². The molecule has 0 heterocycles. The van der Waals surface area contributed by atoms with E-state index in [-0.39, 0.29) is 35.6 Å². The first-order valence-electron chi connectivity index (χ1n) is 10.1. The minimum Gasteiger partial charge on any atom is -0.390 e. The van der Waals surface area contributed by atoms with E-state index >= 15 is 4.39 Å². The Labute approximate surface area is 170 Å². The van der Waals surface area contributed by atoms with E-state index in [9.17, 15) is 19.8 Å². The summed E-state index contributed by atoms with van der Waals surface area (Å²) in [5, 5.41) is 22.7. The number of aliphatic hydroxyl groups is 2. The Hall–Kier alpha value is -0.980. The largest absolute Gasteiger partial charge is 0.390 e. The first-order valence-corrected chi connectivity index (χ1v) is 10.8. The van der Waals surface area contributed by atoms with E-state index in [1.54, 1.807) is 13.0 Å². The summed E-state index contributed by atoms with van der Waals surface area (Å²) >= 11 is 4.10. The summed E-state index contributed by atoms with van der Waals surface area (Å²) in [5.74, 6) is -1.63. The van der Waals surface area contributed by atoms with Gasteiger partial charge in [-0.1, -0.05) is 25.5 Å². The lowest BCUT2D eigenvalue weighted by Gasteiger charge is -2.62. The number of Topliss-reactive ketones (excluding diaryl/α,β-unsaturated/α-hetero) is 1. The third-order valence-electron chi connectivity index (χ3n) is 8.79. The van der Waals surface area contributed by atoms with E-state index in [1.165, 1.54) is 12.2 Å². The Kier molecular flexibility index (Phi) is 4.36. The molecule has 3 fully saturated rings. The number of carbonyl (C=O) groups excluding carboxylic acids is 2.